The minimum absolute atomic E-state index is 0.116. The molecule has 218 valence electrons. The average Bonchev–Trinajstić information content (AvgIpc) is 3.52. The summed E-state index contributed by atoms with van der Waals surface area (Å²) in [5.41, 5.74) is 7.78. The molecule has 3 aromatic carbocycles. The van der Waals surface area contributed by atoms with Crippen LogP contribution in [-0.2, 0) is 0 Å². The van der Waals surface area contributed by atoms with Crippen LogP contribution in [-0.4, -0.2) is 27.8 Å². The van der Waals surface area contributed by atoms with Crippen molar-refractivity contribution < 1.29 is 0 Å². The van der Waals surface area contributed by atoms with Crippen LogP contribution in [0.2, 0.25) is 5.02 Å². The van der Waals surface area contributed by atoms with Crippen molar-refractivity contribution in [2.45, 2.75) is 45.7 Å². The molecule has 4 heterocycles. The maximum Gasteiger partial charge on any atom is 0.174 e. The molecule has 1 N–H and O–H groups in total. The first-order chi connectivity index (χ1) is 20.9. The first-order valence-electron chi connectivity index (χ1n) is 15.1. The summed E-state index contributed by atoms with van der Waals surface area (Å²) in [6.45, 7) is 8.80. The fraction of sp³-hybridized carbons (Fsp3) is 0.278. The van der Waals surface area contributed by atoms with Gasteiger partial charge in [0.15, 0.2) is 5.11 Å². The Hall–Kier alpha value is -3.87. The van der Waals surface area contributed by atoms with Gasteiger partial charge in [0.2, 0.25) is 0 Å². The second-order valence-corrected chi connectivity index (χ2v) is 12.8. The maximum absolute atomic E-state index is 7.02. The number of benzene rings is 3. The van der Waals surface area contributed by atoms with E-state index in [2.05, 4.69) is 113 Å². The van der Waals surface area contributed by atoms with Crippen LogP contribution in [0.4, 0.5) is 11.4 Å². The van der Waals surface area contributed by atoms with Crippen LogP contribution in [0.15, 0.2) is 91.1 Å². The van der Waals surface area contributed by atoms with Gasteiger partial charge < -0.3 is 19.7 Å². The highest BCUT2D eigenvalue weighted by molar-refractivity contribution is 7.80. The first kappa shape index (κ1) is 27.9. The van der Waals surface area contributed by atoms with Crippen molar-refractivity contribution in [2.24, 2.45) is 5.92 Å². The number of hydrogen-bond donors (Lipinski definition) is 1. The molecule has 0 radical (unpaired) electrons. The molecule has 0 bridgehead atoms. The summed E-state index contributed by atoms with van der Waals surface area (Å²) in [4.78, 5) is 9.42. The molecule has 2 aromatic heterocycles. The van der Waals surface area contributed by atoms with Crippen LogP contribution < -0.4 is 15.1 Å². The smallest absolute Gasteiger partial charge is 0.174 e. The fourth-order valence-electron chi connectivity index (χ4n) is 6.96. The Morgan fingerprint density at radius 2 is 1.65 bits per heavy atom. The number of aromatic nitrogens is 2. The van der Waals surface area contributed by atoms with E-state index in [0.29, 0.717) is 5.11 Å². The summed E-state index contributed by atoms with van der Waals surface area (Å²) in [5, 5.41) is 7.51. The largest absolute Gasteiger partial charge is 0.370 e. The molecule has 2 atom stereocenters. The van der Waals surface area contributed by atoms with Gasteiger partial charge >= 0.3 is 0 Å². The number of aryl methyl sites for hydroxylation is 1. The van der Waals surface area contributed by atoms with Crippen molar-refractivity contribution >= 4 is 51.1 Å². The Labute approximate surface area is 264 Å². The molecular weight excluding hydrogens is 570 g/mol. The molecule has 2 aliphatic rings. The lowest BCUT2D eigenvalue weighted by Gasteiger charge is -2.33. The van der Waals surface area contributed by atoms with Gasteiger partial charge in [-0.15, -0.1) is 0 Å². The van der Waals surface area contributed by atoms with E-state index >= 15 is 0 Å². The Bertz CT molecular complexity index is 1800. The molecule has 2 saturated heterocycles. The zero-order valence-corrected chi connectivity index (χ0v) is 26.4. The number of nitrogens with zero attached hydrogens (tertiary/aromatic N) is 4. The van der Waals surface area contributed by atoms with E-state index in [-0.39, 0.29) is 12.1 Å². The van der Waals surface area contributed by atoms with E-state index in [4.69, 9.17) is 28.8 Å². The molecule has 0 aliphatic carbocycles. The van der Waals surface area contributed by atoms with Gasteiger partial charge in [-0.05, 0) is 98.2 Å². The molecule has 2 aliphatic heterocycles. The van der Waals surface area contributed by atoms with Crippen molar-refractivity contribution in [1.82, 2.24) is 14.9 Å². The molecule has 5 nitrogen and oxygen atoms in total. The van der Waals surface area contributed by atoms with Crippen molar-refractivity contribution in [1.29, 1.82) is 0 Å². The van der Waals surface area contributed by atoms with Crippen LogP contribution in [0.5, 0.6) is 0 Å². The van der Waals surface area contributed by atoms with Crippen LogP contribution >= 0.6 is 23.8 Å². The number of fused-ring (bicyclic) bond motifs is 1. The number of hydrogen-bond acceptors (Lipinski definition) is 3. The summed E-state index contributed by atoms with van der Waals surface area (Å²) in [7, 11) is 0. The van der Waals surface area contributed by atoms with Crippen molar-refractivity contribution in [3.8, 4) is 5.69 Å². The topological polar surface area (TPSA) is 36.3 Å². The van der Waals surface area contributed by atoms with Gasteiger partial charge in [-0.2, -0.15) is 0 Å². The van der Waals surface area contributed by atoms with Crippen LogP contribution in [0, 0.1) is 19.8 Å². The first-order valence-corrected chi connectivity index (χ1v) is 15.9. The third-order valence-electron chi connectivity index (χ3n) is 9.23. The Kier molecular flexibility index (Phi) is 7.36. The molecule has 5 aromatic rings. The highest BCUT2D eigenvalue weighted by Gasteiger charge is 2.42. The molecule has 0 unspecified atom stereocenters. The fourth-order valence-corrected chi connectivity index (χ4v) is 7.60. The highest BCUT2D eigenvalue weighted by atomic mass is 35.5. The van der Waals surface area contributed by atoms with Gasteiger partial charge in [-0.25, -0.2) is 0 Å². The maximum atomic E-state index is 7.02. The molecule has 0 spiro atoms. The van der Waals surface area contributed by atoms with E-state index in [1.165, 1.54) is 46.3 Å². The second-order valence-electron chi connectivity index (χ2n) is 12.0. The molecule has 43 heavy (non-hydrogen) atoms. The lowest BCUT2D eigenvalue weighted by Crippen LogP contribution is -2.33. The van der Waals surface area contributed by atoms with E-state index in [1.807, 2.05) is 18.3 Å². The number of anilines is 2. The molecule has 7 rings (SSSR count). The number of rotatable bonds is 5. The molecular formula is C36H36ClN5S. The van der Waals surface area contributed by atoms with E-state index < -0.39 is 0 Å². The molecule has 0 amide bonds. The van der Waals surface area contributed by atoms with E-state index in [1.54, 1.807) is 0 Å². The normalized spacial score (nSPS) is 19.3. The lowest BCUT2D eigenvalue weighted by atomic mass is 9.96. The molecule has 0 saturated carbocycles. The summed E-state index contributed by atoms with van der Waals surface area (Å²) in [5.74, 6) is 0.763. The van der Waals surface area contributed by atoms with Crippen LogP contribution in [0.3, 0.4) is 0 Å². The minimum Gasteiger partial charge on any atom is -0.370 e. The average molecular weight is 606 g/mol. The molecule has 7 heteroatoms. The zero-order chi connectivity index (χ0) is 29.7. The number of nitrogens with one attached hydrogen (secondary N) is 1. The highest BCUT2D eigenvalue weighted by Crippen LogP contribution is 2.45. The van der Waals surface area contributed by atoms with Gasteiger partial charge in [0, 0.05) is 41.7 Å². The number of thiocarbonyl (C=S) groups is 1. The SMILES string of the molecule is Cc1cc([C@H]2[C@H](c3ccccn3)NC(=S)N2c2ccc(N3CCC(C)CC3)c(Cl)c2)c(C)n1-c1cccc2ccccc12. The third kappa shape index (κ3) is 4.96. The number of piperidine rings is 1. The van der Waals surface area contributed by atoms with Crippen molar-refractivity contribution in [3.05, 3.63) is 119 Å². The second kappa shape index (κ2) is 11.3. The van der Waals surface area contributed by atoms with Gasteiger partial charge in [-0.3, -0.25) is 4.98 Å². The summed E-state index contributed by atoms with van der Waals surface area (Å²) < 4.78 is 2.38. The van der Waals surface area contributed by atoms with E-state index in [9.17, 15) is 0 Å². The zero-order valence-electron chi connectivity index (χ0n) is 24.8. The molecule has 2 fully saturated rings. The number of pyridine rings is 1. The van der Waals surface area contributed by atoms with Gasteiger partial charge in [-0.1, -0.05) is 61.0 Å². The quantitative estimate of drug-likeness (QED) is 0.203. The van der Waals surface area contributed by atoms with E-state index in [0.717, 1.165) is 41.1 Å². The van der Waals surface area contributed by atoms with Gasteiger partial charge in [0.1, 0.15) is 0 Å². The van der Waals surface area contributed by atoms with Crippen molar-refractivity contribution in [2.75, 3.05) is 22.9 Å². The number of halogens is 1. The Morgan fingerprint density at radius 3 is 2.42 bits per heavy atom. The van der Waals surface area contributed by atoms with Gasteiger partial charge in [0.05, 0.1) is 34.2 Å². The minimum atomic E-state index is -0.128. The standard InChI is InChI=1S/C36H36ClN5S/c1-23-16-19-40(20-17-23)33-15-14-27(22-30(33)37)42-35(34(39-36(42)43)31-12-6-7-18-38-31)29-21-24(2)41(25(29)3)32-13-8-10-26-9-4-5-11-28(26)32/h4-15,18,21-23,34-35H,16-17,19-20H2,1-3H3,(H,39,43)/t34-,35-/m0/s1. The van der Waals surface area contributed by atoms with Crippen molar-refractivity contribution in [3.63, 3.8) is 0 Å². The third-order valence-corrected chi connectivity index (χ3v) is 9.85. The predicted octanol–water partition coefficient (Wildman–Crippen LogP) is 8.71. The summed E-state index contributed by atoms with van der Waals surface area (Å²) in [6.07, 6.45) is 4.24. The lowest BCUT2D eigenvalue weighted by molar-refractivity contribution is 0.438. The summed E-state index contributed by atoms with van der Waals surface area (Å²) in [6, 6.07) is 29.6. The predicted molar refractivity (Wildman–Crippen MR) is 183 cm³/mol. The van der Waals surface area contributed by atoms with Crippen LogP contribution in [0.1, 0.15) is 54.5 Å². The Balaban J connectivity index is 1.34. The Morgan fingerprint density at radius 1 is 0.884 bits per heavy atom. The summed E-state index contributed by atoms with van der Waals surface area (Å²) >= 11 is 13.1. The monoisotopic (exact) mass is 605 g/mol. The van der Waals surface area contributed by atoms with Gasteiger partial charge in [0.25, 0.3) is 0 Å². The van der Waals surface area contributed by atoms with Crippen LogP contribution in [0.25, 0.3) is 16.5 Å².